The van der Waals surface area contributed by atoms with Crippen LogP contribution in [0.2, 0.25) is 0 Å². The average molecular weight is 361 g/mol. The summed E-state index contributed by atoms with van der Waals surface area (Å²) in [6.07, 6.45) is 9.85. The highest BCUT2D eigenvalue weighted by Gasteiger charge is 2.27. The van der Waals surface area contributed by atoms with Gasteiger partial charge in [-0.2, -0.15) is 5.10 Å². The minimum Gasteiger partial charge on any atom is -0.339 e. The number of likely N-dealkylation sites (tertiary alicyclic amines) is 1. The summed E-state index contributed by atoms with van der Waals surface area (Å²) in [4.78, 5) is 23.9. The lowest BCUT2D eigenvalue weighted by molar-refractivity contribution is 0.0712. The van der Waals surface area contributed by atoms with E-state index < -0.39 is 0 Å². The number of hydrogen-bond acceptors (Lipinski definition) is 4. The van der Waals surface area contributed by atoms with Crippen molar-refractivity contribution in [1.82, 2.24) is 24.6 Å². The van der Waals surface area contributed by atoms with Crippen molar-refractivity contribution in [2.24, 2.45) is 7.05 Å². The topological polar surface area (TPSA) is 63.9 Å². The average Bonchev–Trinajstić information content (AvgIpc) is 3.47. The molecule has 6 nitrogen and oxygen atoms in total. The summed E-state index contributed by atoms with van der Waals surface area (Å²) in [5.74, 6) is 1.17. The maximum atomic E-state index is 12.6. The normalized spacial score (nSPS) is 18.2. The molecule has 1 aliphatic heterocycles. The quantitative estimate of drug-likeness (QED) is 0.718. The van der Waals surface area contributed by atoms with E-state index >= 15 is 0 Å². The molecule has 0 spiro atoms. The van der Waals surface area contributed by atoms with Crippen LogP contribution >= 0.6 is 0 Å². The number of carbonyl (C=O) groups excluding carboxylic acids is 1. The Morgan fingerprint density at radius 1 is 1.07 bits per heavy atom. The van der Waals surface area contributed by atoms with Crippen molar-refractivity contribution in [3.8, 4) is 0 Å². The highest BCUT2D eigenvalue weighted by atomic mass is 16.2. The Bertz CT molecular complexity index is 999. The van der Waals surface area contributed by atoms with Crippen molar-refractivity contribution in [3.05, 3.63) is 53.6 Å². The van der Waals surface area contributed by atoms with Gasteiger partial charge in [0.25, 0.3) is 5.91 Å². The van der Waals surface area contributed by atoms with Crippen molar-refractivity contribution in [3.63, 3.8) is 0 Å². The van der Waals surface area contributed by atoms with Gasteiger partial charge in [-0.25, -0.2) is 9.97 Å². The Labute approximate surface area is 158 Å². The fourth-order valence-electron chi connectivity index (χ4n) is 4.00. The molecule has 0 aromatic carbocycles. The van der Waals surface area contributed by atoms with Gasteiger partial charge in [0.2, 0.25) is 0 Å². The molecule has 4 heterocycles. The van der Waals surface area contributed by atoms with E-state index in [2.05, 4.69) is 28.3 Å². The fourth-order valence-corrected chi connectivity index (χ4v) is 4.00. The molecule has 2 fully saturated rings. The van der Waals surface area contributed by atoms with Gasteiger partial charge in [0.15, 0.2) is 5.65 Å². The van der Waals surface area contributed by atoms with Gasteiger partial charge in [-0.1, -0.05) is 0 Å². The Balaban J connectivity index is 1.28. The fraction of sp³-hybridized carbons (Fsp3) is 0.429. The summed E-state index contributed by atoms with van der Waals surface area (Å²) in [6, 6.07) is 6.54. The molecular weight excluding hydrogens is 338 g/mol. The first kappa shape index (κ1) is 16.4. The van der Waals surface area contributed by atoms with Crippen molar-refractivity contribution in [2.45, 2.75) is 37.5 Å². The van der Waals surface area contributed by atoms with Crippen LogP contribution in [-0.2, 0) is 7.05 Å². The van der Waals surface area contributed by atoms with Gasteiger partial charge in [0, 0.05) is 49.5 Å². The molecule has 1 saturated heterocycles. The molecule has 138 valence electrons. The second-order valence-corrected chi connectivity index (χ2v) is 7.79. The maximum Gasteiger partial charge on any atom is 0.257 e. The van der Waals surface area contributed by atoms with Gasteiger partial charge in [-0.05, 0) is 55.4 Å². The molecule has 1 amide bonds. The number of piperidine rings is 1. The Kier molecular flexibility index (Phi) is 3.92. The van der Waals surface area contributed by atoms with E-state index in [4.69, 9.17) is 4.98 Å². The number of aromatic nitrogens is 4. The highest BCUT2D eigenvalue weighted by molar-refractivity contribution is 5.93. The van der Waals surface area contributed by atoms with E-state index in [1.165, 1.54) is 18.4 Å². The minimum absolute atomic E-state index is 0.0716. The second-order valence-electron chi connectivity index (χ2n) is 7.79. The Morgan fingerprint density at radius 3 is 2.59 bits per heavy atom. The molecule has 1 saturated carbocycles. The SMILES string of the molecule is Cn1cc(C(=O)N2CCC(c3ccc4cc(C5CC5)cnc4n3)CC2)cn1. The molecule has 0 bridgehead atoms. The maximum absolute atomic E-state index is 12.6. The number of aryl methyl sites for hydroxylation is 1. The lowest BCUT2D eigenvalue weighted by Gasteiger charge is -2.31. The van der Waals surface area contributed by atoms with Crippen LogP contribution in [0.25, 0.3) is 11.0 Å². The van der Waals surface area contributed by atoms with E-state index in [0.717, 1.165) is 42.7 Å². The van der Waals surface area contributed by atoms with Crippen molar-refractivity contribution < 1.29 is 4.79 Å². The molecule has 2 aliphatic rings. The lowest BCUT2D eigenvalue weighted by Crippen LogP contribution is -2.37. The van der Waals surface area contributed by atoms with Crippen LogP contribution < -0.4 is 0 Å². The molecule has 0 atom stereocenters. The predicted molar refractivity (Wildman–Crippen MR) is 103 cm³/mol. The van der Waals surface area contributed by atoms with Crippen molar-refractivity contribution >= 4 is 16.9 Å². The number of carbonyl (C=O) groups is 1. The first-order valence-electron chi connectivity index (χ1n) is 9.72. The van der Waals surface area contributed by atoms with Crippen LogP contribution in [0.3, 0.4) is 0 Å². The molecule has 27 heavy (non-hydrogen) atoms. The zero-order valence-electron chi connectivity index (χ0n) is 15.5. The van der Waals surface area contributed by atoms with E-state index in [1.54, 1.807) is 17.1 Å². The van der Waals surface area contributed by atoms with Crippen molar-refractivity contribution in [1.29, 1.82) is 0 Å². The number of nitrogens with zero attached hydrogens (tertiary/aromatic N) is 5. The standard InChI is InChI=1S/C21H23N5O/c1-25-13-18(12-23-25)21(27)26-8-6-15(7-9-26)19-5-4-16-10-17(14-2-3-14)11-22-20(16)24-19/h4-5,10-15H,2-3,6-9H2,1H3. The second kappa shape index (κ2) is 6.44. The summed E-state index contributed by atoms with van der Waals surface area (Å²) >= 11 is 0. The minimum atomic E-state index is 0.0716. The molecule has 5 rings (SSSR count). The third-order valence-corrected chi connectivity index (χ3v) is 5.79. The number of rotatable bonds is 3. The van der Waals surface area contributed by atoms with E-state index in [0.29, 0.717) is 17.4 Å². The summed E-state index contributed by atoms with van der Waals surface area (Å²) in [7, 11) is 1.83. The smallest absolute Gasteiger partial charge is 0.257 e. The van der Waals surface area contributed by atoms with Gasteiger partial charge in [-0.15, -0.1) is 0 Å². The van der Waals surface area contributed by atoms with Crippen LogP contribution in [0.4, 0.5) is 0 Å². The summed E-state index contributed by atoms with van der Waals surface area (Å²) in [6.45, 7) is 1.51. The zero-order chi connectivity index (χ0) is 18.4. The van der Waals surface area contributed by atoms with Gasteiger partial charge in [0.05, 0.1) is 11.8 Å². The van der Waals surface area contributed by atoms with Crippen LogP contribution in [0.1, 0.15) is 59.1 Å². The molecule has 1 aliphatic carbocycles. The summed E-state index contributed by atoms with van der Waals surface area (Å²) in [5.41, 5.74) is 3.95. The molecule has 3 aromatic heterocycles. The highest BCUT2D eigenvalue weighted by Crippen LogP contribution is 2.40. The van der Waals surface area contributed by atoms with Crippen LogP contribution in [0.5, 0.6) is 0 Å². The molecule has 3 aromatic rings. The van der Waals surface area contributed by atoms with E-state index in [9.17, 15) is 4.79 Å². The van der Waals surface area contributed by atoms with Gasteiger partial charge < -0.3 is 4.90 Å². The number of pyridine rings is 2. The van der Waals surface area contributed by atoms with Crippen LogP contribution in [0, 0.1) is 0 Å². The lowest BCUT2D eigenvalue weighted by atomic mass is 9.92. The van der Waals surface area contributed by atoms with Gasteiger partial charge in [0.1, 0.15) is 0 Å². The van der Waals surface area contributed by atoms with Crippen LogP contribution in [-0.4, -0.2) is 43.6 Å². The third kappa shape index (κ3) is 3.20. The Hall–Kier alpha value is -2.76. The molecule has 0 unspecified atom stereocenters. The zero-order valence-corrected chi connectivity index (χ0v) is 15.5. The molecule has 0 radical (unpaired) electrons. The molecule has 6 heteroatoms. The first-order chi connectivity index (χ1) is 13.2. The van der Waals surface area contributed by atoms with E-state index in [-0.39, 0.29) is 5.91 Å². The predicted octanol–water partition coefficient (Wildman–Crippen LogP) is 3.26. The largest absolute Gasteiger partial charge is 0.339 e. The number of amides is 1. The Morgan fingerprint density at radius 2 is 1.89 bits per heavy atom. The van der Waals surface area contributed by atoms with Gasteiger partial charge >= 0.3 is 0 Å². The monoisotopic (exact) mass is 361 g/mol. The first-order valence-corrected chi connectivity index (χ1v) is 9.72. The molecular formula is C21H23N5O. The summed E-state index contributed by atoms with van der Waals surface area (Å²) < 4.78 is 1.67. The molecule has 0 N–H and O–H groups in total. The number of hydrogen-bond donors (Lipinski definition) is 0. The summed E-state index contributed by atoms with van der Waals surface area (Å²) in [5, 5.41) is 5.23. The van der Waals surface area contributed by atoms with E-state index in [1.807, 2.05) is 18.1 Å². The third-order valence-electron chi connectivity index (χ3n) is 5.79. The van der Waals surface area contributed by atoms with Crippen molar-refractivity contribution in [2.75, 3.05) is 13.1 Å². The van der Waals surface area contributed by atoms with Gasteiger partial charge in [-0.3, -0.25) is 9.48 Å². The van der Waals surface area contributed by atoms with Crippen LogP contribution in [0.15, 0.2) is 36.8 Å². The number of fused-ring (bicyclic) bond motifs is 1.